The number of anilines is 1. The molecule has 0 aromatic heterocycles. The maximum atomic E-state index is 11.9. The minimum absolute atomic E-state index is 0.00948. The van der Waals surface area contributed by atoms with Crippen molar-refractivity contribution in [2.24, 2.45) is 0 Å². The van der Waals surface area contributed by atoms with Gasteiger partial charge < -0.3 is 19.8 Å². The fourth-order valence-corrected chi connectivity index (χ4v) is 2.10. The van der Waals surface area contributed by atoms with Crippen LogP contribution in [-0.2, 0) is 14.3 Å². The summed E-state index contributed by atoms with van der Waals surface area (Å²) in [5, 5.41) is 18.0. The van der Waals surface area contributed by atoms with Crippen molar-refractivity contribution in [3.8, 4) is 5.75 Å². The highest BCUT2D eigenvalue weighted by Gasteiger charge is 2.30. The Kier molecular flexibility index (Phi) is 4.01. The number of phenols is 1. The molecule has 1 aliphatic heterocycles. The van der Waals surface area contributed by atoms with Crippen LogP contribution in [-0.4, -0.2) is 41.3 Å². The number of aromatic hydroxyl groups is 1. The molecular formula is C13H15NO5. The number of benzene rings is 1. The average molecular weight is 265 g/mol. The molecule has 2 rings (SSSR count). The van der Waals surface area contributed by atoms with E-state index in [-0.39, 0.29) is 30.7 Å². The topological polar surface area (TPSA) is 87.1 Å². The highest BCUT2D eigenvalue weighted by Crippen LogP contribution is 2.24. The number of carbonyl (C=O) groups excluding carboxylic acids is 1. The molecule has 1 fully saturated rings. The third kappa shape index (κ3) is 3.23. The number of carbonyl (C=O) groups is 2. The standard InChI is InChI=1S/C13H15NO5/c15-11-4-1-9(2-5-11)14-10(3-6-13(17)18)7-19-8-12(14)16/h1-2,4-5,10,15H,3,6-8H2,(H,17,18). The Morgan fingerprint density at radius 1 is 1.37 bits per heavy atom. The van der Waals surface area contributed by atoms with Gasteiger partial charge in [-0.2, -0.15) is 0 Å². The fraction of sp³-hybridized carbons (Fsp3) is 0.385. The molecule has 1 atom stereocenters. The molecule has 0 radical (unpaired) electrons. The molecule has 1 aromatic rings. The molecule has 1 saturated heterocycles. The molecule has 19 heavy (non-hydrogen) atoms. The number of carboxylic acid groups (broad SMARTS) is 1. The molecule has 1 aliphatic rings. The largest absolute Gasteiger partial charge is 0.508 e. The van der Waals surface area contributed by atoms with Crippen molar-refractivity contribution in [1.29, 1.82) is 0 Å². The van der Waals surface area contributed by atoms with Crippen LogP contribution in [0.15, 0.2) is 24.3 Å². The Balaban J connectivity index is 2.18. The van der Waals surface area contributed by atoms with Gasteiger partial charge in [-0.1, -0.05) is 0 Å². The molecule has 1 aromatic carbocycles. The van der Waals surface area contributed by atoms with E-state index in [0.717, 1.165) is 0 Å². The first-order valence-electron chi connectivity index (χ1n) is 5.98. The Morgan fingerprint density at radius 2 is 2.05 bits per heavy atom. The number of aliphatic carboxylic acids is 1. The number of nitrogens with zero attached hydrogens (tertiary/aromatic N) is 1. The second-order valence-electron chi connectivity index (χ2n) is 4.38. The summed E-state index contributed by atoms with van der Waals surface area (Å²) in [5.74, 6) is -0.984. The van der Waals surface area contributed by atoms with Gasteiger partial charge >= 0.3 is 5.97 Å². The maximum absolute atomic E-state index is 11.9. The van der Waals surface area contributed by atoms with Crippen LogP contribution in [0.2, 0.25) is 0 Å². The van der Waals surface area contributed by atoms with Crippen LogP contribution in [0.5, 0.6) is 5.75 Å². The van der Waals surface area contributed by atoms with E-state index in [1.165, 1.54) is 12.1 Å². The van der Waals surface area contributed by atoms with Crippen LogP contribution < -0.4 is 4.90 Å². The van der Waals surface area contributed by atoms with E-state index < -0.39 is 5.97 Å². The monoisotopic (exact) mass is 265 g/mol. The molecule has 0 bridgehead atoms. The first-order valence-corrected chi connectivity index (χ1v) is 5.98. The summed E-state index contributed by atoms with van der Waals surface area (Å²) >= 11 is 0. The van der Waals surface area contributed by atoms with E-state index >= 15 is 0 Å². The van der Waals surface area contributed by atoms with Crippen LogP contribution in [0.3, 0.4) is 0 Å². The maximum Gasteiger partial charge on any atom is 0.303 e. The zero-order valence-electron chi connectivity index (χ0n) is 10.3. The van der Waals surface area contributed by atoms with Gasteiger partial charge in [0.15, 0.2) is 0 Å². The second-order valence-corrected chi connectivity index (χ2v) is 4.38. The minimum atomic E-state index is -0.899. The van der Waals surface area contributed by atoms with Crippen molar-refractivity contribution < 1.29 is 24.5 Å². The summed E-state index contributed by atoms with van der Waals surface area (Å²) in [6, 6.07) is 5.96. The van der Waals surface area contributed by atoms with Gasteiger partial charge in [-0.15, -0.1) is 0 Å². The van der Waals surface area contributed by atoms with Crippen molar-refractivity contribution in [3.63, 3.8) is 0 Å². The SMILES string of the molecule is O=C(O)CCC1COCC(=O)N1c1ccc(O)cc1. The number of hydrogen-bond donors (Lipinski definition) is 2. The molecule has 1 unspecified atom stereocenters. The van der Waals surface area contributed by atoms with Crippen molar-refractivity contribution in [2.75, 3.05) is 18.1 Å². The summed E-state index contributed by atoms with van der Waals surface area (Å²) in [4.78, 5) is 24.1. The Labute approximate surface area is 110 Å². The summed E-state index contributed by atoms with van der Waals surface area (Å²) in [6.45, 7) is 0.310. The average Bonchev–Trinajstić information content (AvgIpc) is 2.38. The highest BCUT2D eigenvalue weighted by atomic mass is 16.5. The van der Waals surface area contributed by atoms with Gasteiger partial charge in [0.05, 0.1) is 12.6 Å². The van der Waals surface area contributed by atoms with Crippen LogP contribution >= 0.6 is 0 Å². The number of phenolic OH excluding ortho intramolecular Hbond substituents is 1. The van der Waals surface area contributed by atoms with E-state index in [4.69, 9.17) is 9.84 Å². The summed E-state index contributed by atoms with van der Waals surface area (Å²) < 4.78 is 5.17. The van der Waals surface area contributed by atoms with E-state index in [2.05, 4.69) is 0 Å². The molecule has 102 valence electrons. The van der Waals surface area contributed by atoms with Crippen molar-refractivity contribution in [2.45, 2.75) is 18.9 Å². The molecule has 2 N–H and O–H groups in total. The lowest BCUT2D eigenvalue weighted by atomic mass is 10.1. The smallest absolute Gasteiger partial charge is 0.303 e. The summed E-state index contributed by atoms with van der Waals surface area (Å²) in [6.07, 6.45) is 0.317. The molecule has 0 spiro atoms. The van der Waals surface area contributed by atoms with Crippen LogP contribution in [0.1, 0.15) is 12.8 Å². The molecular weight excluding hydrogens is 250 g/mol. The predicted octanol–water partition coefficient (Wildman–Crippen LogP) is 0.989. The zero-order valence-corrected chi connectivity index (χ0v) is 10.3. The van der Waals surface area contributed by atoms with Crippen molar-refractivity contribution >= 4 is 17.6 Å². The number of ether oxygens (including phenoxy) is 1. The lowest BCUT2D eigenvalue weighted by Crippen LogP contribution is -2.49. The van der Waals surface area contributed by atoms with Gasteiger partial charge in [0.2, 0.25) is 0 Å². The second kappa shape index (κ2) is 5.71. The highest BCUT2D eigenvalue weighted by molar-refractivity contribution is 5.95. The number of amides is 1. The van der Waals surface area contributed by atoms with Crippen LogP contribution in [0.4, 0.5) is 5.69 Å². The number of hydrogen-bond acceptors (Lipinski definition) is 4. The van der Waals surface area contributed by atoms with E-state index in [1.54, 1.807) is 17.0 Å². The Hall–Kier alpha value is -2.08. The third-order valence-corrected chi connectivity index (χ3v) is 2.99. The van der Waals surface area contributed by atoms with Gasteiger partial charge in [0, 0.05) is 12.1 Å². The molecule has 0 aliphatic carbocycles. The molecule has 1 amide bonds. The molecule has 6 heteroatoms. The first kappa shape index (κ1) is 13.4. The number of carboxylic acids is 1. The normalized spacial score (nSPS) is 19.5. The molecule has 0 saturated carbocycles. The number of morpholine rings is 1. The van der Waals surface area contributed by atoms with Crippen molar-refractivity contribution in [1.82, 2.24) is 0 Å². The fourth-order valence-electron chi connectivity index (χ4n) is 2.10. The van der Waals surface area contributed by atoms with Gasteiger partial charge in [-0.3, -0.25) is 9.59 Å². The van der Waals surface area contributed by atoms with Gasteiger partial charge in [-0.05, 0) is 30.7 Å². The van der Waals surface area contributed by atoms with Crippen LogP contribution in [0, 0.1) is 0 Å². The summed E-state index contributed by atoms with van der Waals surface area (Å²) in [5.41, 5.74) is 0.640. The molecule has 6 nitrogen and oxygen atoms in total. The first-order chi connectivity index (χ1) is 9.08. The quantitative estimate of drug-likeness (QED) is 0.847. The number of rotatable bonds is 4. The Morgan fingerprint density at radius 3 is 2.68 bits per heavy atom. The van der Waals surface area contributed by atoms with E-state index in [0.29, 0.717) is 18.7 Å². The summed E-state index contributed by atoms with van der Waals surface area (Å²) in [7, 11) is 0. The van der Waals surface area contributed by atoms with E-state index in [9.17, 15) is 14.7 Å². The Bertz CT molecular complexity index is 470. The lowest BCUT2D eigenvalue weighted by molar-refractivity contribution is -0.138. The van der Waals surface area contributed by atoms with Crippen LogP contribution in [0.25, 0.3) is 0 Å². The van der Waals surface area contributed by atoms with Gasteiger partial charge in [0.1, 0.15) is 12.4 Å². The predicted molar refractivity (Wildman–Crippen MR) is 67.1 cm³/mol. The zero-order chi connectivity index (χ0) is 13.8. The van der Waals surface area contributed by atoms with E-state index in [1.807, 2.05) is 0 Å². The van der Waals surface area contributed by atoms with Crippen molar-refractivity contribution in [3.05, 3.63) is 24.3 Å². The van der Waals surface area contributed by atoms with Gasteiger partial charge in [0.25, 0.3) is 5.91 Å². The molecule has 1 heterocycles. The minimum Gasteiger partial charge on any atom is -0.508 e. The van der Waals surface area contributed by atoms with Gasteiger partial charge in [-0.25, -0.2) is 0 Å². The third-order valence-electron chi connectivity index (χ3n) is 2.99. The lowest BCUT2D eigenvalue weighted by Gasteiger charge is -2.35.